The van der Waals surface area contributed by atoms with E-state index >= 15 is 0 Å². The molecule has 0 unspecified atom stereocenters. The molecule has 0 saturated heterocycles. The highest BCUT2D eigenvalue weighted by Crippen LogP contribution is 2.40. The molecule has 2 N–H and O–H groups in total. The van der Waals surface area contributed by atoms with Crippen LogP contribution in [0.1, 0.15) is 30.7 Å². The van der Waals surface area contributed by atoms with E-state index < -0.39 is 0 Å². The quantitative estimate of drug-likeness (QED) is 0.938. The Morgan fingerprint density at radius 3 is 2.62 bits per heavy atom. The molecular weight excluding hydrogens is 284 g/mol. The fourth-order valence-electron chi connectivity index (χ4n) is 2.86. The second-order valence-electron chi connectivity index (χ2n) is 5.47. The van der Waals surface area contributed by atoms with Crippen LogP contribution in [0.4, 0.5) is 0 Å². The zero-order valence-corrected chi connectivity index (χ0v) is 13.2. The number of rotatable bonds is 4. The van der Waals surface area contributed by atoms with E-state index in [1.54, 1.807) is 25.6 Å². The number of ether oxygens (including phenoxy) is 2. The van der Waals surface area contributed by atoms with Gasteiger partial charge in [0.25, 0.3) is 0 Å². The van der Waals surface area contributed by atoms with E-state index in [2.05, 4.69) is 5.38 Å². The number of benzene rings is 1. The van der Waals surface area contributed by atoms with E-state index in [0.717, 1.165) is 40.6 Å². The fraction of sp³-hybridized carbons (Fsp3) is 0.438. The van der Waals surface area contributed by atoms with E-state index in [9.17, 15) is 0 Å². The van der Waals surface area contributed by atoms with Crippen LogP contribution < -0.4 is 15.2 Å². The van der Waals surface area contributed by atoms with Crippen molar-refractivity contribution in [1.29, 1.82) is 0 Å². The maximum atomic E-state index is 6.49. The lowest BCUT2D eigenvalue weighted by atomic mass is 10.0. The standard InChI is InChI=1S/C16H20N2O2S/c1-19-11-5-6-14(20-2)12(9-11)13-10-21-15(18-13)16(17)7-3-4-8-16/h5-6,9-10H,3-4,7-8,17H2,1-2H3. The molecule has 0 spiro atoms. The molecule has 3 rings (SSSR count). The van der Waals surface area contributed by atoms with Gasteiger partial charge in [0.15, 0.2) is 0 Å². The van der Waals surface area contributed by atoms with Crippen molar-refractivity contribution in [3.05, 3.63) is 28.6 Å². The Morgan fingerprint density at radius 2 is 1.95 bits per heavy atom. The van der Waals surface area contributed by atoms with Crippen LogP contribution in [0.2, 0.25) is 0 Å². The highest BCUT2D eigenvalue weighted by molar-refractivity contribution is 7.10. The van der Waals surface area contributed by atoms with Crippen molar-refractivity contribution in [3.63, 3.8) is 0 Å². The summed E-state index contributed by atoms with van der Waals surface area (Å²) >= 11 is 1.64. The van der Waals surface area contributed by atoms with Gasteiger partial charge in [0.2, 0.25) is 0 Å². The lowest BCUT2D eigenvalue weighted by molar-refractivity contribution is 0.404. The van der Waals surface area contributed by atoms with Gasteiger partial charge in [-0.25, -0.2) is 4.98 Å². The second kappa shape index (κ2) is 5.66. The minimum Gasteiger partial charge on any atom is -0.497 e. The lowest BCUT2D eigenvalue weighted by Crippen LogP contribution is -2.32. The molecular formula is C16H20N2O2S. The van der Waals surface area contributed by atoms with Gasteiger partial charge in [0.1, 0.15) is 16.5 Å². The first-order chi connectivity index (χ1) is 10.2. The number of thiazole rings is 1. The number of hydrogen-bond acceptors (Lipinski definition) is 5. The molecule has 0 amide bonds. The van der Waals surface area contributed by atoms with E-state index in [1.165, 1.54) is 12.8 Å². The Balaban J connectivity index is 1.99. The summed E-state index contributed by atoms with van der Waals surface area (Å²) in [6, 6.07) is 5.74. The van der Waals surface area contributed by atoms with Gasteiger partial charge in [0, 0.05) is 10.9 Å². The molecule has 1 aromatic heterocycles. The van der Waals surface area contributed by atoms with Crippen molar-refractivity contribution in [1.82, 2.24) is 4.98 Å². The van der Waals surface area contributed by atoms with E-state index in [1.807, 2.05) is 18.2 Å². The predicted octanol–water partition coefficient (Wildman–Crippen LogP) is 3.56. The van der Waals surface area contributed by atoms with Crippen LogP contribution in [0, 0.1) is 0 Å². The molecule has 0 aliphatic heterocycles. The Morgan fingerprint density at radius 1 is 1.19 bits per heavy atom. The Kier molecular flexibility index (Phi) is 3.87. The van der Waals surface area contributed by atoms with E-state index in [-0.39, 0.29) is 5.54 Å². The third-order valence-corrected chi connectivity index (χ3v) is 5.17. The number of methoxy groups -OCH3 is 2. The first kappa shape index (κ1) is 14.4. The summed E-state index contributed by atoms with van der Waals surface area (Å²) in [5, 5.41) is 3.08. The van der Waals surface area contributed by atoms with Crippen molar-refractivity contribution in [2.45, 2.75) is 31.2 Å². The molecule has 2 aromatic rings. The average molecular weight is 304 g/mol. The van der Waals surface area contributed by atoms with Crippen LogP contribution in [0.25, 0.3) is 11.3 Å². The van der Waals surface area contributed by atoms with Crippen LogP contribution in [0.3, 0.4) is 0 Å². The molecule has 1 heterocycles. The van der Waals surface area contributed by atoms with Crippen LogP contribution in [0.15, 0.2) is 23.6 Å². The summed E-state index contributed by atoms with van der Waals surface area (Å²) in [5.41, 5.74) is 8.10. The number of hydrogen-bond donors (Lipinski definition) is 1. The van der Waals surface area contributed by atoms with Gasteiger partial charge in [-0.3, -0.25) is 0 Å². The van der Waals surface area contributed by atoms with Crippen LogP contribution >= 0.6 is 11.3 Å². The normalized spacial score (nSPS) is 16.9. The van der Waals surface area contributed by atoms with Crippen molar-refractivity contribution in [3.8, 4) is 22.8 Å². The monoisotopic (exact) mass is 304 g/mol. The molecule has 21 heavy (non-hydrogen) atoms. The molecule has 4 nitrogen and oxygen atoms in total. The van der Waals surface area contributed by atoms with Crippen molar-refractivity contribution in [2.75, 3.05) is 14.2 Å². The molecule has 1 aliphatic rings. The molecule has 1 aromatic carbocycles. The molecule has 1 fully saturated rings. The third kappa shape index (κ3) is 2.63. The highest BCUT2D eigenvalue weighted by atomic mass is 32.1. The van der Waals surface area contributed by atoms with Gasteiger partial charge < -0.3 is 15.2 Å². The van der Waals surface area contributed by atoms with Gasteiger partial charge in [-0.1, -0.05) is 12.8 Å². The minimum atomic E-state index is -0.241. The van der Waals surface area contributed by atoms with E-state index in [4.69, 9.17) is 20.2 Å². The second-order valence-corrected chi connectivity index (χ2v) is 6.33. The molecule has 5 heteroatoms. The van der Waals surface area contributed by atoms with Crippen molar-refractivity contribution < 1.29 is 9.47 Å². The van der Waals surface area contributed by atoms with Crippen LogP contribution in [0.5, 0.6) is 11.5 Å². The average Bonchev–Trinajstić information content (AvgIpc) is 3.16. The summed E-state index contributed by atoms with van der Waals surface area (Å²) in [4.78, 5) is 4.78. The topological polar surface area (TPSA) is 57.4 Å². The summed E-state index contributed by atoms with van der Waals surface area (Å²) in [6.45, 7) is 0. The number of aromatic nitrogens is 1. The molecule has 112 valence electrons. The molecule has 1 aliphatic carbocycles. The lowest BCUT2D eigenvalue weighted by Gasteiger charge is -2.19. The summed E-state index contributed by atoms with van der Waals surface area (Å²) in [7, 11) is 3.32. The zero-order valence-electron chi connectivity index (χ0n) is 12.4. The molecule has 1 saturated carbocycles. The number of nitrogens with two attached hydrogens (primary N) is 1. The highest BCUT2D eigenvalue weighted by Gasteiger charge is 2.34. The van der Waals surface area contributed by atoms with Crippen molar-refractivity contribution >= 4 is 11.3 Å². The van der Waals surface area contributed by atoms with Crippen LogP contribution in [-0.4, -0.2) is 19.2 Å². The van der Waals surface area contributed by atoms with Gasteiger partial charge >= 0.3 is 0 Å². The van der Waals surface area contributed by atoms with Gasteiger partial charge in [-0.2, -0.15) is 0 Å². The maximum absolute atomic E-state index is 6.49. The first-order valence-electron chi connectivity index (χ1n) is 7.13. The fourth-order valence-corrected chi connectivity index (χ4v) is 3.85. The SMILES string of the molecule is COc1ccc(OC)c(-c2csc(C3(N)CCCC3)n2)c1. The molecule has 0 radical (unpaired) electrons. The minimum absolute atomic E-state index is 0.241. The largest absolute Gasteiger partial charge is 0.497 e. The summed E-state index contributed by atoms with van der Waals surface area (Å²) in [6.07, 6.45) is 4.42. The smallest absolute Gasteiger partial charge is 0.128 e. The van der Waals surface area contributed by atoms with Gasteiger partial charge in [0.05, 0.1) is 25.5 Å². The summed E-state index contributed by atoms with van der Waals surface area (Å²) in [5.74, 6) is 1.59. The van der Waals surface area contributed by atoms with Crippen LogP contribution in [-0.2, 0) is 5.54 Å². The van der Waals surface area contributed by atoms with Gasteiger partial charge in [-0.15, -0.1) is 11.3 Å². The molecule has 0 atom stereocenters. The first-order valence-corrected chi connectivity index (χ1v) is 8.01. The third-order valence-electron chi connectivity index (χ3n) is 4.11. The summed E-state index contributed by atoms with van der Waals surface area (Å²) < 4.78 is 10.7. The predicted molar refractivity (Wildman–Crippen MR) is 85.0 cm³/mol. The van der Waals surface area contributed by atoms with E-state index in [0.29, 0.717) is 0 Å². The Hall–Kier alpha value is -1.59. The molecule has 0 bridgehead atoms. The zero-order chi connectivity index (χ0) is 14.9. The Bertz CT molecular complexity index is 633. The maximum Gasteiger partial charge on any atom is 0.128 e. The number of nitrogens with zero attached hydrogens (tertiary/aromatic N) is 1. The van der Waals surface area contributed by atoms with Gasteiger partial charge in [-0.05, 0) is 31.0 Å². The Labute approximate surface area is 128 Å². The van der Waals surface area contributed by atoms with Crippen molar-refractivity contribution in [2.24, 2.45) is 5.73 Å².